The Morgan fingerprint density at radius 2 is 2.00 bits per heavy atom. The standard InChI is InChI=1S/C4H6N2.C2HN3.C2H6O/c1-6-3-2-5-4-6;3-1-5-2-4;1-2-3/h2-4H,1H3;5H;3H,2H2,1H3. The molecule has 0 aromatic carbocycles. The molecule has 0 radical (unpaired) electrons. The fourth-order valence-corrected chi connectivity index (χ4v) is 0.351. The summed E-state index contributed by atoms with van der Waals surface area (Å²) in [7, 11) is 1.94. The predicted octanol–water partition coefficient (Wildman–Crippen LogP) is -0.0431. The van der Waals surface area contributed by atoms with E-state index in [1.807, 2.05) is 17.8 Å². The molecule has 0 saturated carbocycles. The number of nitrogens with one attached hydrogen (secondary N) is 1. The van der Waals surface area contributed by atoms with Gasteiger partial charge in [-0.25, -0.2) is 10.3 Å². The Balaban J connectivity index is 0. The molecule has 0 aliphatic rings. The van der Waals surface area contributed by atoms with Gasteiger partial charge < -0.3 is 9.67 Å². The largest absolute Gasteiger partial charge is 0.397 e. The van der Waals surface area contributed by atoms with Gasteiger partial charge in [0.1, 0.15) is 0 Å². The molecular weight excluding hydrogens is 182 g/mol. The van der Waals surface area contributed by atoms with Crippen molar-refractivity contribution in [1.29, 1.82) is 10.5 Å². The summed E-state index contributed by atoms with van der Waals surface area (Å²) in [5, 5.41) is 24.3. The average Bonchev–Trinajstić information content (AvgIpc) is 2.60. The first-order chi connectivity index (χ1) is 6.72. The van der Waals surface area contributed by atoms with Gasteiger partial charge in [-0.1, -0.05) is 0 Å². The van der Waals surface area contributed by atoms with Gasteiger partial charge in [0.25, 0.3) is 0 Å². The minimum Gasteiger partial charge on any atom is -0.397 e. The fourth-order valence-electron chi connectivity index (χ4n) is 0.351. The minimum atomic E-state index is 0.250. The van der Waals surface area contributed by atoms with Crippen molar-refractivity contribution in [2.75, 3.05) is 6.61 Å². The summed E-state index contributed by atoms with van der Waals surface area (Å²) >= 11 is 0. The van der Waals surface area contributed by atoms with Crippen molar-refractivity contribution in [2.24, 2.45) is 7.05 Å². The first-order valence-electron chi connectivity index (χ1n) is 3.78. The number of aliphatic hydroxyl groups excluding tert-OH is 1. The lowest BCUT2D eigenvalue weighted by Gasteiger charge is -1.76. The molecule has 1 aromatic rings. The SMILES string of the molecule is CCO.Cn1ccnc1.N#CNC#N. The second-order valence-corrected chi connectivity index (χ2v) is 1.89. The van der Waals surface area contributed by atoms with Gasteiger partial charge >= 0.3 is 0 Å². The monoisotopic (exact) mass is 195 g/mol. The molecule has 2 N–H and O–H groups in total. The third-order valence-electron chi connectivity index (χ3n) is 0.748. The molecule has 0 atom stereocenters. The van der Waals surface area contributed by atoms with Crippen LogP contribution >= 0.6 is 0 Å². The van der Waals surface area contributed by atoms with E-state index in [1.54, 1.807) is 24.8 Å². The molecular formula is C8H13N5O. The minimum absolute atomic E-state index is 0.250. The second kappa shape index (κ2) is 13.5. The van der Waals surface area contributed by atoms with Crippen molar-refractivity contribution in [1.82, 2.24) is 14.9 Å². The molecule has 1 heterocycles. The number of aliphatic hydroxyl groups is 1. The Kier molecular flexibility index (Phi) is 14.0. The highest BCUT2D eigenvalue weighted by molar-refractivity contribution is 4.77. The van der Waals surface area contributed by atoms with Gasteiger partial charge in [-0.2, -0.15) is 10.5 Å². The highest BCUT2D eigenvalue weighted by Crippen LogP contribution is 1.73. The summed E-state index contributed by atoms with van der Waals surface area (Å²) in [6.07, 6.45) is 8.20. The van der Waals surface area contributed by atoms with Crippen molar-refractivity contribution in [2.45, 2.75) is 6.92 Å². The van der Waals surface area contributed by atoms with Crippen LogP contribution in [0.1, 0.15) is 6.92 Å². The van der Waals surface area contributed by atoms with Crippen LogP contribution in [0.5, 0.6) is 0 Å². The van der Waals surface area contributed by atoms with E-state index in [0.29, 0.717) is 0 Å². The smallest absolute Gasteiger partial charge is 0.190 e. The third-order valence-corrected chi connectivity index (χ3v) is 0.748. The lowest BCUT2D eigenvalue weighted by atomic mass is 10.9. The van der Waals surface area contributed by atoms with Gasteiger partial charge in [0.15, 0.2) is 12.4 Å². The van der Waals surface area contributed by atoms with Crippen LogP contribution in [0.25, 0.3) is 0 Å². The van der Waals surface area contributed by atoms with Crippen LogP contribution < -0.4 is 5.32 Å². The van der Waals surface area contributed by atoms with Gasteiger partial charge in [0.2, 0.25) is 0 Å². The van der Waals surface area contributed by atoms with Crippen LogP contribution in [-0.2, 0) is 7.05 Å². The molecule has 6 heteroatoms. The maximum Gasteiger partial charge on any atom is 0.190 e. The van der Waals surface area contributed by atoms with Crippen molar-refractivity contribution < 1.29 is 5.11 Å². The van der Waals surface area contributed by atoms with Crippen LogP contribution in [0.2, 0.25) is 0 Å². The number of nitriles is 2. The van der Waals surface area contributed by atoms with Gasteiger partial charge in [0.05, 0.1) is 6.33 Å². The van der Waals surface area contributed by atoms with E-state index < -0.39 is 0 Å². The molecule has 0 bridgehead atoms. The van der Waals surface area contributed by atoms with Gasteiger partial charge in [-0.15, -0.1) is 0 Å². The summed E-state index contributed by atoms with van der Waals surface area (Å²) in [5.41, 5.74) is 0. The normalized spacial score (nSPS) is 6.36. The van der Waals surface area contributed by atoms with Crippen molar-refractivity contribution in [3.8, 4) is 12.4 Å². The topological polar surface area (TPSA) is 97.7 Å². The number of rotatable bonds is 0. The van der Waals surface area contributed by atoms with Crippen LogP contribution in [0.15, 0.2) is 18.7 Å². The van der Waals surface area contributed by atoms with E-state index in [4.69, 9.17) is 15.6 Å². The molecule has 76 valence electrons. The maximum absolute atomic E-state index is 7.57. The Bertz CT molecular complexity index is 257. The van der Waals surface area contributed by atoms with Gasteiger partial charge in [0, 0.05) is 26.0 Å². The molecule has 0 spiro atoms. The lowest BCUT2D eigenvalue weighted by Crippen LogP contribution is -1.88. The second-order valence-electron chi connectivity index (χ2n) is 1.89. The van der Waals surface area contributed by atoms with Crippen LogP contribution in [-0.4, -0.2) is 21.3 Å². The summed E-state index contributed by atoms with van der Waals surface area (Å²) in [6.45, 7) is 1.93. The van der Waals surface area contributed by atoms with Gasteiger partial charge in [-0.3, -0.25) is 0 Å². The van der Waals surface area contributed by atoms with E-state index in [1.165, 1.54) is 12.4 Å². The molecule has 1 rings (SSSR count). The Labute approximate surface area is 83.0 Å². The predicted molar refractivity (Wildman–Crippen MR) is 50.3 cm³/mol. The van der Waals surface area contributed by atoms with E-state index in [2.05, 4.69) is 4.98 Å². The summed E-state index contributed by atoms with van der Waals surface area (Å²) in [6, 6.07) is 0. The number of nitrogens with zero attached hydrogens (tertiary/aromatic N) is 4. The number of aryl methyl sites for hydroxylation is 1. The van der Waals surface area contributed by atoms with Crippen LogP contribution in [0.3, 0.4) is 0 Å². The van der Waals surface area contributed by atoms with Crippen molar-refractivity contribution in [3.05, 3.63) is 18.7 Å². The molecule has 0 aliphatic carbocycles. The van der Waals surface area contributed by atoms with E-state index in [0.717, 1.165) is 0 Å². The quantitative estimate of drug-likeness (QED) is 0.447. The molecule has 0 unspecified atom stereocenters. The van der Waals surface area contributed by atoms with E-state index in [-0.39, 0.29) is 6.61 Å². The number of aromatic nitrogens is 2. The van der Waals surface area contributed by atoms with Gasteiger partial charge in [-0.05, 0) is 6.92 Å². The number of hydrogen-bond acceptors (Lipinski definition) is 5. The van der Waals surface area contributed by atoms with Crippen LogP contribution in [0.4, 0.5) is 0 Å². The highest BCUT2D eigenvalue weighted by atomic mass is 16.2. The first kappa shape index (κ1) is 14.5. The Hall–Kier alpha value is -2.05. The Morgan fingerprint density at radius 3 is 2.07 bits per heavy atom. The number of hydrogen-bond donors (Lipinski definition) is 2. The molecule has 6 nitrogen and oxygen atoms in total. The van der Waals surface area contributed by atoms with Crippen molar-refractivity contribution in [3.63, 3.8) is 0 Å². The molecule has 0 fully saturated rings. The zero-order valence-corrected chi connectivity index (χ0v) is 8.18. The lowest BCUT2D eigenvalue weighted by molar-refractivity contribution is 0.318. The highest BCUT2D eigenvalue weighted by Gasteiger charge is 1.69. The Morgan fingerprint density at radius 1 is 1.50 bits per heavy atom. The maximum atomic E-state index is 7.57. The zero-order chi connectivity index (χ0) is 11.2. The molecule has 0 amide bonds. The summed E-state index contributed by atoms with van der Waals surface area (Å²) in [4.78, 5) is 3.78. The van der Waals surface area contributed by atoms with E-state index in [9.17, 15) is 0 Å². The van der Waals surface area contributed by atoms with Crippen molar-refractivity contribution >= 4 is 0 Å². The molecule has 1 aromatic heterocycles. The first-order valence-corrected chi connectivity index (χ1v) is 3.78. The fraction of sp³-hybridized carbons (Fsp3) is 0.375. The summed E-state index contributed by atoms with van der Waals surface area (Å²) < 4.78 is 1.89. The zero-order valence-electron chi connectivity index (χ0n) is 8.18. The number of imidazole rings is 1. The molecule has 0 saturated heterocycles. The molecule has 0 aliphatic heterocycles. The summed E-state index contributed by atoms with van der Waals surface area (Å²) in [5.74, 6) is 0. The third kappa shape index (κ3) is 16.5. The average molecular weight is 195 g/mol. The van der Waals surface area contributed by atoms with E-state index >= 15 is 0 Å². The molecule has 14 heavy (non-hydrogen) atoms. The van der Waals surface area contributed by atoms with Crippen LogP contribution in [0, 0.1) is 22.9 Å².